The molecule has 0 bridgehead atoms. The third-order valence-corrected chi connectivity index (χ3v) is 4.07. The van der Waals surface area contributed by atoms with Gasteiger partial charge in [0.15, 0.2) is 5.82 Å². The molecule has 0 radical (unpaired) electrons. The number of aryl methyl sites for hydroxylation is 1. The molecule has 0 N–H and O–H groups in total. The average molecular weight is 329 g/mol. The number of hydrogen-bond donors (Lipinski definition) is 0. The highest BCUT2D eigenvalue weighted by atomic mass is 16.2. The number of amides is 1. The van der Waals surface area contributed by atoms with Crippen LogP contribution in [0.2, 0.25) is 0 Å². The number of benzene rings is 1. The number of carbonyl (C=O) groups is 1. The van der Waals surface area contributed by atoms with Crippen LogP contribution in [-0.2, 0) is 11.3 Å². The van der Waals surface area contributed by atoms with Crippen LogP contribution in [0.1, 0.15) is 42.9 Å². The van der Waals surface area contributed by atoms with E-state index in [9.17, 15) is 4.79 Å². The number of aromatic nitrogens is 3. The van der Waals surface area contributed by atoms with E-state index in [4.69, 9.17) is 0 Å². The van der Waals surface area contributed by atoms with Gasteiger partial charge in [0.1, 0.15) is 12.4 Å². The second kappa shape index (κ2) is 7.57. The molecule has 0 aliphatic heterocycles. The summed E-state index contributed by atoms with van der Waals surface area (Å²) in [6.07, 6.45) is 1.71. The Bertz CT molecular complexity index is 692. The van der Waals surface area contributed by atoms with E-state index in [-0.39, 0.29) is 18.0 Å². The van der Waals surface area contributed by atoms with Crippen molar-refractivity contribution in [2.75, 3.05) is 21.1 Å². The summed E-state index contributed by atoms with van der Waals surface area (Å²) in [5.74, 6) is 0.839. The molecule has 0 saturated carbocycles. The van der Waals surface area contributed by atoms with Crippen LogP contribution in [-0.4, -0.2) is 51.6 Å². The van der Waals surface area contributed by atoms with Gasteiger partial charge in [-0.2, -0.15) is 0 Å². The van der Waals surface area contributed by atoms with E-state index in [1.54, 1.807) is 11.2 Å². The third-order valence-electron chi connectivity index (χ3n) is 4.07. The Morgan fingerprint density at radius 1 is 1.25 bits per heavy atom. The van der Waals surface area contributed by atoms with Crippen molar-refractivity contribution < 1.29 is 4.79 Å². The Hall–Kier alpha value is -2.21. The van der Waals surface area contributed by atoms with Gasteiger partial charge in [0.2, 0.25) is 5.91 Å². The van der Waals surface area contributed by atoms with Crippen molar-refractivity contribution in [1.82, 2.24) is 24.6 Å². The zero-order valence-corrected chi connectivity index (χ0v) is 15.4. The fourth-order valence-electron chi connectivity index (χ4n) is 2.81. The quantitative estimate of drug-likeness (QED) is 0.817. The van der Waals surface area contributed by atoms with Gasteiger partial charge in [0.25, 0.3) is 0 Å². The normalized spacial score (nSPS) is 12.7. The molecule has 1 aromatic heterocycles. The van der Waals surface area contributed by atoms with E-state index in [2.05, 4.69) is 30.1 Å². The van der Waals surface area contributed by atoms with Gasteiger partial charge in [-0.3, -0.25) is 9.69 Å². The van der Waals surface area contributed by atoms with Crippen molar-refractivity contribution in [1.29, 1.82) is 0 Å². The first-order valence-corrected chi connectivity index (χ1v) is 8.17. The molecule has 2 aromatic rings. The number of rotatable bonds is 6. The Morgan fingerprint density at radius 3 is 2.54 bits per heavy atom. The number of hydrogen-bond acceptors (Lipinski definition) is 4. The lowest BCUT2D eigenvalue weighted by Gasteiger charge is -2.29. The molecule has 1 amide bonds. The van der Waals surface area contributed by atoms with Crippen LogP contribution in [0.15, 0.2) is 30.6 Å². The highest BCUT2D eigenvalue weighted by Gasteiger charge is 2.27. The van der Waals surface area contributed by atoms with Gasteiger partial charge >= 0.3 is 0 Å². The summed E-state index contributed by atoms with van der Waals surface area (Å²) in [4.78, 5) is 16.7. The van der Waals surface area contributed by atoms with Gasteiger partial charge in [-0.25, -0.2) is 0 Å². The molecule has 0 aliphatic carbocycles. The summed E-state index contributed by atoms with van der Waals surface area (Å²) in [6, 6.07) is 8.04. The highest BCUT2D eigenvalue weighted by molar-refractivity contribution is 5.83. The molecule has 1 aromatic carbocycles. The molecule has 6 heteroatoms. The zero-order chi connectivity index (χ0) is 17.9. The summed E-state index contributed by atoms with van der Waals surface area (Å²) in [6.45, 7) is 6.62. The molecule has 6 nitrogen and oxygen atoms in total. The maximum atomic E-state index is 13.0. The van der Waals surface area contributed by atoms with Gasteiger partial charge in [-0.1, -0.05) is 29.8 Å². The lowest BCUT2D eigenvalue weighted by molar-refractivity contribution is -0.135. The van der Waals surface area contributed by atoms with Crippen molar-refractivity contribution in [2.45, 2.75) is 39.4 Å². The SMILES string of the molecule is Cc1cccc([C@H](C(=O)N(C)Cc2nncn2C(C)C)N(C)C)c1. The predicted molar refractivity (Wildman–Crippen MR) is 94.5 cm³/mol. The summed E-state index contributed by atoms with van der Waals surface area (Å²) < 4.78 is 1.99. The minimum Gasteiger partial charge on any atom is -0.337 e. The van der Waals surface area contributed by atoms with Crippen molar-refractivity contribution in [2.24, 2.45) is 0 Å². The van der Waals surface area contributed by atoms with Crippen LogP contribution >= 0.6 is 0 Å². The van der Waals surface area contributed by atoms with Gasteiger partial charge in [-0.15, -0.1) is 10.2 Å². The summed E-state index contributed by atoms with van der Waals surface area (Å²) in [7, 11) is 5.67. The molecule has 0 spiro atoms. The smallest absolute Gasteiger partial charge is 0.244 e. The zero-order valence-electron chi connectivity index (χ0n) is 15.4. The van der Waals surface area contributed by atoms with Crippen molar-refractivity contribution in [3.8, 4) is 0 Å². The standard InChI is InChI=1S/C18H27N5O/c1-13(2)23-12-19-20-16(23)11-22(6)18(24)17(21(4)5)15-9-7-8-14(3)10-15/h7-10,12-13,17H,11H2,1-6H3/t17-/m1/s1. The topological polar surface area (TPSA) is 54.3 Å². The first-order chi connectivity index (χ1) is 11.3. The van der Waals surface area contributed by atoms with Crippen LogP contribution in [0.3, 0.4) is 0 Å². The second-order valence-electron chi connectivity index (χ2n) is 6.72. The Kier molecular flexibility index (Phi) is 5.72. The number of likely N-dealkylation sites (N-methyl/N-ethyl adjacent to an activating group) is 2. The molecule has 24 heavy (non-hydrogen) atoms. The van der Waals surface area contributed by atoms with Crippen LogP contribution in [0.5, 0.6) is 0 Å². The highest BCUT2D eigenvalue weighted by Crippen LogP contribution is 2.22. The molecule has 0 fully saturated rings. The van der Waals surface area contributed by atoms with Gasteiger partial charge < -0.3 is 9.47 Å². The largest absolute Gasteiger partial charge is 0.337 e. The minimum atomic E-state index is -0.315. The molecule has 1 atom stereocenters. The van der Waals surface area contributed by atoms with Crippen molar-refractivity contribution in [3.63, 3.8) is 0 Å². The monoisotopic (exact) mass is 329 g/mol. The van der Waals surface area contributed by atoms with Gasteiger partial charge in [0, 0.05) is 13.1 Å². The molecule has 130 valence electrons. The Labute approximate surface area is 144 Å². The molecular weight excluding hydrogens is 302 g/mol. The summed E-state index contributed by atoms with van der Waals surface area (Å²) >= 11 is 0. The first-order valence-electron chi connectivity index (χ1n) is 8.17. The molecule has 1 heterocycles. The van der Waals surface area contributed by atoms with E-state index in [1.807, 2.05) is 55.7 Å². The first kappa shape index (κ1) is 18.1. The average Bonchev–Trinajstić information content (AvgIpc) is 2.95. The van der Waals surface area contributed by atoms with Crippen LogP contribution in [0.25, 0.3) is 0 Å². The van der Waals surface area contributed by atoms with Crippen LogP contribution in [0.4, 0.5) is 0 Å². The predicted octanol–water partition coefficient (Wildman–Crippen LogP) is 2.43. The molecule has 2 rings (SSSR count). The summed E-state index contributed by atoms with van der Waals surface area (Å²) in [5.41, 5.74) is 2.15. The second-order valence-corrected chi connectivity index (χ2v) is 6.72. The van der Waals surface area contributed by atoms with Crippen molar-refractivity contribution >= 4 is 5.91 Å². The minimum absolute atomic E-state index is 0.0453. The maximum Gasteiger partial charge on any atom is 0.244 e. The molecule has 0 unspecified atom stereocenters. The lowest BCUT2D eigenvalue weighted by atomic mass is 10.0. The van der Waals surface area contributed by atoms with Crippen LogP contribution in [0, 0.1) is 6.92 Å². The van der Waals surface area contributed by atoms with Gasteiger partial charge in [0.05, 0.1) is 6.54 Å². The van der Waals surface area contributed by atoms with E-state index < -0.39 is 0 Å². The molecular formula is C18H27N5O. The van der Waals surface area contributed by atoms with Crippen LogP contribution < -0.4 is 0 Å². The maximum absolute atomic E-state index is 13.0. The lowest BCUT2D eigenvalue weighted by Crippen LogP contribution is -2.38. The van der Waals surface area contributed by atoms with E-state index in [0.29, 0.717) is 6.54 Å². The third kappa shape index (κ3) is 4.00. The number of carbonyl (C=O) groups excluding carboxylic acids is 1. The van der Waals surface area contributed by atoms with E-state index >= 15 is 0 Å². The Morgan fingerprint density at radius 2 is 1.96 bits per heavy atom. The van der Waals surface area contributed by atoms with Gasteiger partial charge in [-0.05, 0) is 40.4 Å². The van der Waals surface area contributed by atoms with E-state index in [0.717, 1.165) is 17.0 Å². The summed E-state index contributed by atoms with van der Waals surface area (Å²) in [5, 5.41) is 8.13. The van der Waals surface area contributed by atoms with Crippen molar-refractivity contribution in [3.05, 3.63) is 47.5 Å². The molecule has 0 saturated heterocycles. The fourth-order valence-corrected chi connectivity index (χ4v) is 2.81. The number of nitrogens with zero attached hydrogens (tertiary/aromatic N) is 5. The fraction of sp³-hybridized carbons (Fsp3) is 0.500. The Balaban J connectivity index is 2.22. The van der Waals surface area contributed by atoms with E-state index in [1.165, 1.54) is 0 Å². The molecule has 0 aliphatic rings.